The molecule has 0 amide bonds. The summed E-state index contributed by atoms with van der Waals surface area (Å²) in [5.74, 6) is -0.206. The molecule has 0 spiro atoms. The lowest BCUT2D eigenvalue weighted by molar-refractivity contribution is -0.0498. The number of halogens is 4. The van der Waals surface area contributed by atoms with Crippen LogP contribution in [0.25, 0.3) is 0 Å². The van der Waals surface area contributed by atoms with Gasteiger partial charge in [-0.1, -0.05) is 24.3 Å². The van der Waals surface area contributed by atoms with Crippen molar-refractivity contribution in [3.63, 3.8) is 0 Å². The van der Waals surface area contributed by atoms with E-state index in [1.807, 2.05) is 0 Å². The van der Waals surface area contributed by atoms with Crippen LogP contribution in [-0.4, -0.2) is 6.61 Å². The maximum Gasteiger partial charge on any atom is 0.387 e. The van der Waals surface area contributed by atoms with Crippen LogP contribution in [0.15, 0.2) is 48.5 Å². The Kier molecular flexibility index (Phi) is 4.90. The molecule has 20 heavy (non-hydrogen) atoms. The highest BCUT2D eigenvalue weighted by Gasteiger charge is 2.10. The SMILES string of the molecule is Fc1ccc(CC(Cl)c2ccc(OC(F)F)cc2)cc1. The Morgan fingerprint density at radius 3 is 2.10 bits per heavy atom. The lowest BCUT2D eigenvalue weighted by Crippen LogP contribution is -2.02. The maximum atomic E-state index is 12.8. The van der Waals surface area contributed by atoms with Crippen molar-refractivity contribution < 1.29 is 17.9 Å². The van der Waals surface area contributed by atoms with Crippen LogP contribution in [0.2, 0.25) is 0 Å². The van der Waals surface area contributed by atoms with E-state index in [0.717, 1.165) is 11.1 Å². The average molecular weight is 301 g/mol. The van der Waals surface area contributed by atoms with Gasteiger partial charge in [0.2, 0.25) is 0 Å². The summed E-state index contributed by atoms with van der Waals surface area (Å²) in [4.78, 5) is 0. The number of hydrogen-bond donors (Lipinski definition) is 0. The fraction of sp³-hybridized carbons (Fsp3) is 0.200. The van der Waals surface area contributed by atoms with Gasteiger partial charge in [0.15, 0.2) is 0 Å². The molecule has 0 aliphatic heterocycles. The zero-order valence-electron chi connectivity index (χ0n) is 10.4. The first-order valence-electron chi connectivity index (χ1n) is 5.98. The van der Waals surface area contributed by atoms with Crippen molar-refractivity contribution in [3.8, 4) is 5.75 Å². The smallest absolute Gasteiger partial charge is 0.387 e. The third-order valence-electron chi connectivity index (χ3n) is 2.80. The molecule has 0 radical (unpaired) electrons. The highest BCUT2D eigenvalue weighted by molar-refractivity contribution is 6.20. The van der Waals surface area contributed by atoms with Gasteiger partial charge in [0.1, 0.15) is 11.6 Å². The first kappa shape index (κ1) is 14.7. The van der Waals surface area contributed by atoms with E-state index in [1.165, 1.54) is 24.3 Å². The largest absolute Gasteiger partial charge is 0.435 e. The molecule has 0 aliphatic carbocycles. The lowest BCUT2D eigenvalue weighted by atomic mass is 10.0. The standard InChI is InChI=1S/C15H12ClF3O/c16-14(9-10-1-5-12(17)6-2-10)11-3-7-13(8-4-11)20-15(18)19/h1-8,14-15H,9H2. The van der Waals surface area contributed by atoms with Crippen molar-refractivity contribution in [1.29, 1.82) is 0 Å². The van der Waals surface area contributed by atoms with Crippen molar-refractivity contribution in [2.45, 2.75) is 18.4 Å². The molecule has 1 atom stereocenters. The van der Waals surface area contributed by atoms with E-state index >= 15 is 0 Å². The van der Waals surface area contributed by atoms with E-state index in [2.05, 4.69) is 4.74 Å². The van der Waals surface area contributed by atoms with Gasteiger partial charge >= 0.3 is 6.61 Å². The lowest BCUT2D eigenvalue weighted by Gasteiger charge is -2.11. The van der Waals surface area contributed by atoms with Gasteiger partial charge < -0.3 is 4.74 Å². The number of rotatable bonds is 5. The summed E-state index contributed by atoms with van der Waals surface area (Å²) < 4.78 is 41.1. The molecule has 1 unspecified atom stereocenters. The minimum Gasteiger partial charge on any atom is -0.435 e. The van der Waals surface area contributed by atoms with Crippen LogP contribution in [0, 0.1) is 5.82 Å². The summed E-state index contributed by atoms with van der Waals surface area (Å²) in [5, 5.41) is -0.318. The first-order valence-corrected chi connectivity index (χ1v) is 6.41. The van der Waals surface area contributed by atoms with Crippen LogP contribution < -0.4 is 4.74 Å². The van der Waals surface area contributed by atoms with Gasteiger partial charge in [-0.2, -0.15) is 8.78 Å². The molecule has 0 aliphatic rings. The van der Waals surface area contributed by atoms with Crippen LogP contribution in [0.5, 0.6) is 5.75 Å². The quantitative estimate of drug-likeness (QED) is 0.710. The molecule has 0 fully saturated rings. The normalized spacial score (nSPS) is 12.4. The average Bonchev–Trinajstić information content (AvgIpc) is 2.41. The summed E-state index contributed by atoms with van der Waals surface area (Å²) in [7, 11) is 0. The van der Waals surface area contributed by atoms with Crippen molar-refractivity contribution in [2.75, 3.05) is 0 Å². The zero-order chi connectivity index (χ0) is 14.5. The molecule has 1 nitrogen and oxygen atoms in total. The van der Waals surface area contributed by atoms with Crippen LogP contribution in [0.1, 0.15) is 16.5 Å². The molecule has 0 aromatic heterocycles. The van der Waals surface area contributed by atoms with E-state index in [4.69, 9.17) is 11.6 Å². The van der Waals surface area contributed by atoms with Crippen molar-refractivity contribution in [1.82, 2.24) is 0 Å². The Morgan fingerprint density at radius 2 is 1.55 bits per heavy atom. The van der Waals surface area contributed by atoms with Crippen LogP contribution in [0.3, 0.4) is 0 Å². The number of ether oxygens (including phenoxy) is 1. The molecule has 106 valence electrons. The van der Waals surface area contributed by atoms with E-state index in [9.17, 15) is 13.2 Å². The van der Waals surface area contributed by atoms with Crippen molar-refractivity contribution in [3.05, 3.63) is 65.5 Å². The Morgan fingerprint density at radius 1 is 0.950 bits per heavy atom. The third kappa shape index (κ3) is 4.17. The van der Waals surface area contributed by atoms with E-state index in [-0.39, 0.29) is 16.9 Å². The topological polar surface area (TPSA) is 9.23 Å². The highest BCUT2D eigenvalue weighted by atomic mass is 35.5. The van der Waals surface area contributed by atoms with Crippen molar-refractivity contribution >= 4 is 11.6 Å². The summed E-state index contributed by atoms with van der Waals surface area (Å²) in [5.41, 5.74) is 1.69. The Balaban J connectivity index is 2.01. The Bertz CT molecular complexity index is 540. The number of benzene rings is 2. The summed E-state index contributed by atoms with van der Waals surface area (Å²) in [6.45, 7) is -2.84. The minimum absolute atomic E-state index is 0.0920. The van der Waals surface area contributed by atoms with Gasteiger partial charge in [-0.15, -0.1) is 11.6 Å². The molecule has 2 aromatic rings. The molecule has 0 N–H and O–H groups in total. The number of alkyl halides is 3. The maximum absolute atomic E-state index is 12.8. The monoisotopic (exact) mass is 300 g/mol. The summed E-state index contributed by atoms with van der Waals surface area (Å²) >= 11 is 6.26. The fourth-order valence-corrected chi connectivity index (χ4v) is 2.13. The molecular weight excluding hydrogens is 289 g/mol. The van der Waals surface area contributed by atoms with Crippen molar-refractivity contribution in [2.24, 2.45) is 0 Å². The molecule has 0 saturated heterocycles. The van der Waals surface area contributed by atoms with Crippen LogP contribution in [-0.2, 0) is 6.42 Å². The minimum atomic E-state index is -2.84. The van der Waals surface area contributed by atoms with Crippen LogP contribution >= 0.6 is 11.6 Å². The van der Waals surface area contributed by atoms with Gasteiger partial charge in [0, 0.05) is 0 Å². The Labute approximate surface area is 119 Å². The summed E-state index contributed by atoms with van der Waals surface area (Å²) in [6, 6.07) is 12.2. The molecule has 5 heteroatoms. The van der Waals surface area contributed by atoms with Gasteiger partial charge in [-0.25, -0.2) is 4.39 Å². The predicted octanol–water partition coefficient (Wildman–Crippen LogP) is 4.95. The van der Waals surface area contributed by atoms with Gasteiger partial charge in [0.05, 0.1) is 5.38 Å². The van der Waals surface area contributed by atoms with E-state index in [0.29, 0.717) is 6.42 Å². The zero-order valence-corrected chi connectivity index (χ0v) is 11.2. The van der Waals surface area contributed by atoms with E-state index < -0.39 is 6.61 Å². The van der Waals surface area contributed by atoms with Gasteiger partial charge in [-0.3, -0.25) is 0 Å². The second kappa shape index (κ2) is 6.66. The first-order chi connectivity index (χ1) is 9.54. The van der Waals surface area contributed by atoms with E-state index in [1.54, 1.807) is 24.3 Å². The molecule has 0 bridgehead atoms. The predicted molar refractivity (Wildman–Crippen MR) is 71.8 cm³/mol. The summed E-state index contributed by atoms with van der Waals surface area (Å²) in [6.07, 6.45) is 0.525. The molecule has 2 aromatic carbocycles. The molecule has 2 rings (SSSR count). The Hall–Kier alpha value is -1.68. The number of hydrogen-bond acceptors (Lipinski definition) is 1. The molecule has 0 heterocycles. The molecule has 0 saturated carbocycles. The fourth-order valence-electron chi connectivity index (χ4n) is 1.80. The second-order valence-corrected chi connectivity index (χ2v) is 4.77. The van der Waals surface area contributed by atoms with Gasteiger partial charge in [0.25, 0.3) is 0 Å². The molecular formula is C15H12ClF3O. The van der Waals surface area contributed by atoms with Gasteiger partial charge in [-0.05, 0) is 41.8 Å². The van der Waals surface area contributed by atoms with Crippen LogP contribution in [0.4, 0.5) is 13.2 Å². The third-order valence-corrected chi connectivity index (χ3v) is 3.20. The second-order valence-electron chi connectivity index (χ2n) is 4.25. The highest BCUT2D eigenvalue weighted by Crippen LogP contribution is 2.27.